The molecule has 4 rings (SSSR count). The number of hydrogen-bond donors (Lipinski definition) is 0. The molecule has 0 atom stereocenters. The molecule has 0 amide bonds. The zero-order valence-corrected chi connectivity index (χ0v) is 16.1. The molecule has 0 aliphatic carbocycles. The molecule has 29 heavy (non-hydrogen) atoms. The maximum Gasteiger partial charge on any atom is 0.416 e. The number of rotatable bonds is 4. The summed E-state index contributed by atoms with van der Waals surface area (Å²) in [7, 11) is 0. The third kappa shape index (κ3) is 4.79. The summed E-state index contributed by atoms with van der Waals surface area (Å²) in [6.45, 7) is 6.10. The second kappa shape index (κ2) is 8.54. The van der Waals surface area contributed by atoms with Crippen LogP contribution in [0.5, 0.6) is 0 Å². The summed E-state index contributed by atoms with van der Waals surface area (Å²) in [5.74, 6) is 1.75. The van der Waals surface area contributed by atoms with E-state index in [1.54, 1.807) is 18.5 Å². The van der Waals surface area contributed by atoms with Gasteiger partial charge in [-0.05, 0) is 11.6 Å². The normalized spacial score (nSPS) is 18.9. The van der Waals surface area contributed by atoms with Gasteiger partial charge < -0.3 is 14.5 Å². The molecule has 2 aliphatic rings. The second-order valence-electron chi connectivity index (χ2n) is 7.25. The number of nitrogens with zero attached hydrogens (tertiary/aromatic N) is 5. The van der Waals surface area contributed by atoms with Crippen LogP contribution in [0.2, 0.25) is 0 Å². The molecule has 2 aromatic rings. The summed E-state index contributed by atoms with van der Waals surface area (Å²) in [6.07, 6.45) is -2.75. The quantitative estimate of drug-likeness (QED) is 0.777. The molecule has 0 N–H and O–H groups in total. The monoisotopic (exact) mass is 407 g/mol. The largest absolute Gasteiger partial charge is 0.416 e. The van der Waals surface area contributed by atoms with Gasteiger partial charge in [0.2, 0.25) is 0 Å². The Morgan fingerprint density at radius 3 is 2.14 bits per heavy atom. The maximum absolute atomic E-state index is 13.2. The number of benzene rings is 1. The number of piperazine rings is 1. The van der Waals surface area contributed by atoms with E-state index in [0.29, 0.717) is 51.5 Å². The first kappa shape index (κ1) is 19.9. The van der Waals surface area contributed by atoms with Crippen molar-refractivity contribution >= 4 is 11.6 Å². The van der Waals surface area contributed by atoms with Gasteiger partial charge in [-0.15, -0.1) is 0 Å². The highest BCUT2D eigenvalue weighted by molar-refractivity contribution is 5.50. The fourth-order valence-corrected chi connectivity index (χ4v) is 3.79. The Morgan fingerprint density at radius 2 is 1.48 bits per heavy atom. The number of alkyl halides is 3. The van der Waals surface area contributed by atoms with Gasteiger partial charge in [-0.1, -0.05) is 18.2 Å². The van der Waals surface area contributed by atoms with Crippen molar-refractivity contribution in [2.75, 3.05) is 62.3 Å². The molecule has 0 saturated carbocycles. The lowest BCUT2D eigenvalue weighted by Gasteiger charge is -2.36. The highest BCUT2D eigenvalue weighted by Crippen LogP contribution is 2.32. The average Bonchev–Trinajstić information content (AvgIpc) is 2.75. The Bertz CT molecular complexity index is 818. The van der Waals surface area contributed by atoms with E-state index >= 15 is 0 Å². The Morgan fingerprint density at radius 1 is 0.862 bits per heavy atom. The van der Waals surface area contributed by atoms with Crippen molar-refractivity contribution in [1.29, 1.82) is 0 Å². The van der Waals surface area contributed by atoms with E-state index in [1.807, 2.05) is 6.07 Å². The van der Waals surface area contributed by atoms with E-state index in [9.17, 15) is 13.2 Å². The SMILES string of the molecule is FC(F)(F)c1ccccc1CN1CCN(c2cc(N3CCOCC3)ncn2)CC1. The van der Waals surface area contributed by atoms with Crippen LogP contribution in [0.25, 0.3) is 0 Å². The Balaban J connectivity index is 1.38. The van der Waals surface area contributed by atoms with E-state index in [-0.39, 0.29) is 0 Å². The van der Waals surface area contributed by atoms with Crippen LogP contribution < -0.4 is 9.80 Å². The Kier molecular flexibility index (Phi) is 5.86. The molecule has 9 heteroatoms. The van der Waals surface area contributed by atoms with E-state index in [1.165, 1.54) is 6.07 Å². The topological polar surface area (TPSA) is 44.7 Å². The minimum Gasteiger partial charge on any atom is -0.378 e. The van der Waals surface area contributed by atoms with E-state index in [4.69, 9.17) is 4.74 Å². The molecular formula is C20H24F3N5O. The molecule has 2 fully saturated rings. The predicted molar refractivity (Wildman–Crippen MR) is 104 cm³/mol. The highest BCUT2D eigenvalue weighted by Gasteiger charge is 2.33. The fourth-order valence-electron chi connectivity index (χ4n) is 3.79. The van der Waals surface area contributed by atoms with Crippen LogP contribution in [-0.2, 0) is 17.5 Å². The molecule has 0 radical (unpaired) electrons. The van der Waals surface area contributed by atoms with Gasteiger partial charge in [0.05, 0.1) is 18.8 Å². The van der Waals surface area contributed by atoms with Crippen LogP contribution in [0.15, 0.2) is 36.7 Å². The van der Waals surface area contributed by atoms with E-state index in [2.05, 4.69) is 24.7 Å². The number of morpholine rings is 1. The summed E-state index contributed by atoms with van der Waals surface area (Å²) >= 11 is 0. The minimum absolute atomic E-state index is 0.298. The van der Waals surface area contributed by atoms with Crippen LogP contribution in [0.1, 0.15) is 11.1 Å². The van der Waals surface area contributed by atoms with Crippen LogP contribution >= 0.6 is 0 Å². The Hall–Kier alpha value is -2.39. The van der Waals surface area contributed by atoms with Gasteiger partial charge in [-0.3, -0.25) is 4.90 Å². The molecule has 1 aromatic heterocycles. The second-order valence-corrected chi connectivity index (χ2v) is 7.25. The molecule has 1 aromatic carbocycles. The van der Waals surface area contributed by atoms with Crippen LogP contribution in [0.3, 0.4) is 0 Å². The molecule has 0 unspecified atom stereocenters. The summed E-state index contributed by atoms with van der Waals surface area (Å²) in [4.78, 5) is 15.2. The molecule has 2 saturated heterocycles. The van der Waals surface area contributed by atoms with Crippen molar-refractivity contribution in [3.8, 4) is 0 Å². The molecule has 6 nitrogen and oxygen atoms in total. The molecule has 0 spiro atoms. The van der Waals surface area contributed by atoms with Crippen molar-refractivity contribution in [1.82, 2.24) is 14.9 Å². The van der Waals surface area contributed by atoms with Crippen LogP contribution in [0.4, 0.5) is 24.8 Å². The fraction of sp³-hybridized carbons (Fsp3) is 0.500. The van der Waals surface area contributed by atoms with E-state index in [0.717, 1.165) is 30.8 Å². The molecule has 3 heterocycles. The first-order valence-corrected chi connectivity index (χ1v) is 9.78. The van der Waals surface area contributed by atoms with Gasteiger partial charge >= 0.3 is 6.18 Å². The third-order valence-electron chi connectivity index (χ3n) is 5.39. The van der Waals surface area contributed by atoms with Crippen molar-refractivity contribution in [2.45, 2.75) is 12.7 Å². The van der Waals surface area contributed by atoms with Gasteiger partial charge in [-0.25, -0.2) is 9.97 Å². The summed E-state index contributed by atoms with van der Waals surface area (Å²) < 4.78 is 45.1. The minimum atomic E-state index is -4.32. The molecule has 0 bridgehead atoms. The first-order valence-electron chi connectivity index (χ1n) is 9.78. The Labute approximate surface area is 167 Å². The standard InChI is InChI=1S/C20H24F3N5O/c21-20(22,23)17-4-2-1-3-16(17)14-26-5-7-27(8-6-26)18-13-19(25-15-24-18)28-9-11-29-12-10-28/h1-4,13,15H,5-12,14H2. The molecular weight excluding hydrogens is 383 g/mol. The van der Waals surface area contributed by atoms with Crippen LogP contribution in [0, 0.1) is 0 Å². The zero-order valence-electron chi connectivity index (χ0n) is 16.1. The average molecular weight is 407 g/mol. The van der Waals surface area contributed by atoms with Crippen molar-refractivity contribution in [2.24, 2.45) is 0 Å². The lowest BCUT2D eigenvalue weighted by atomic mass is 10.1. The van der Waals surface area contributed by atoms with Gasteiger partial charge in [0.15, 0.2) is 0 Å². The van der Waals surface area contributed by atoms with Gasteiger partial charge in [0, 0.05) is 51.9 Å². The lowest BCUT2D eigenvalue weighted by Crippen LogP contribution is -2.46. The lowest BCUT2D eigenvalue weighted by molar-refractivity contribution is -0.138. The van der Waals surface area contributed by atoms with Crippen molar-refractivity contribution in [3.05, 3.63) is 47.8 Å². The maximum atomic E-state index is 13.2. The summed E-state index contributed by atoms with van der Waals surface area (Å²) in [5, 5.41) is 0. The molecule has 156 valence electrons. The van der Waals surface area contributed by atoms with Crippen molar-refractivity contribution < 1.29 is 17.9 Å². The number of hydrogen-bond acceptors (Lipinski definition) is 6. The predicted octanol–water partition coefficient (Wildman–Crippen LogP) is 2.65. The summed E-state index contributed by atoms with van der Waals surface area (Å²) in [6, 6.07) is 7.80. The van der Waals surface area contributed by atoms with Crippen molar-refractivity contribution in [3.63, 3.8) is 0 Å². The van der Waals surface area contributed by atoms with Gasteiger partial charge in [-0.2, -0.15) is 13.2 Å². The highest BCUT2D eigenvalue weighted by atomic mass is 19.4. The number of anilines is 2. The van der Waals surface area contributed by atoms with Crippen LogP contribution in [-0.4, -0.2) is 67.4 Å². The zero-order chi connectivity index (χ0) is 20.3. The van der Waals surface area contributed by atoms with Gasteiger partial charge in [0.1, 0.15) is 18.0 Å². The first-order chi connectivity index (χ1) is 14.0. The third-order valence-corrected chi connectivity index (χ3v) is 5.39. The number of halogens is 3. The number of ether oxygens (including phenoxy) is 1. The number of aromatic nitrogens is 2. The van der Waals surface area contributed by atoms with Gasteiger partial charge in [0.25, 0.3) is 0 Å². The summed E-state index contributed by atoms with van der Waals surface area (Å²) in [5.41, 5.74) is -0.224. The molecule has 2 aliphatic heterocycles. The van der Waals surface area contributed by atoms with E-state index < -0.39 is 11.7 Å². The smallest absolute Gasteiger partial charge is 0.378 e.